The van der Waals surface area contributed by atoms with E-state index in [-0.39, 0.29) is 0 Å². The first-order valence-corrected chi connectivity index (χ1v) is 5.48. The third-order valence-electron chi connectivity index (χ3n) is 1.75. The molecule has 1 nitrogen and oxygen atoms in total. The van der Waals surface area contributed by atoms with Gasteiger partial charge in [-0.15, -0.1) is 0 Å². The van der Waals surface area contributed by atoms with Crippen LogP contribution in [0.5, 0.6) is 0 Å². The van der Waals surface area contributed by atoms with Gasteiger partial charge in [-0.25, -0.2) is 0 Å². The second-order valence-corrected chi connectivity index (χ2v) is 4.69. The van der Waals surface area contributed by atoms with Gasteiger partial charge >= 0.3 is 84.3 Å². The molecular formula is C10H13NW. The molecule has 2 N–H and O–H groups in total. The fraction of sp³-hybridized carbons (Fsp3) is 0.300. The van der Waals surface area contributed by atoms with Gasteiger partial charge in [0.2, 0.25) is 0 Å². The van der Waals surface area contributed by atoms with Gasteiger partial charge in [0, 0.05) is 0 Å². The molecule has 0 unspecified atom stereocenters. The molecule has 0 amide bonds. The molecule has 1 aromatic rings. The number of hydrogen-bond acceptors (Lipinski definition) is 1. The molecule has 0 bridgehead atoms. The van der Waals surface area contributed by atoms with E-state index in [4.69, 9.17) is 5.73 Å². The third kappa shape index (κ3) is 2.04. The van der Waals surface area contributed by atoms with Crippen molar-refractivity contribution in [2.45, 2.75) is 13.8 Å². The van der Waals surface area contributed by atoms with Crippen LogP contribution in [-0.2, 0) is 19.4 Å². The zero-order chi connectivity index (χ0) is 9.14. The summed E-state index contributed by atoms with van der Waals surface area (Å²) in [5.74, 6) is 0.602. The maximum atomic E-state index is 5.85. The SMILES string of the molecule is CC(C)[C](=[W])c1ccccc1N. The number of benzene rings is 1. The van der Waals surface area contributed by atoms with Crippen LogP contribution in [0.2, 0.25) is 0 Å². The van der Waals surface area contributed by atoms with Crippen LogP contribution in [0.4, 0.5) is 5.69 Å². The topological polar surface area (TPSA) is 26.0 Å². The summed E-state index contributed by atoms with van der Waals surface area (Å²) in [6, 6.07) is 8.07. The molecule has 1 aromatic carbocycles. The Hall–Kier alpha value is -0.422. The maximum absolute atomic E-state index is 5.85. The van der Waals surface area contributed by atoms with Gasteiger partial charge in [-0.2, -0.15) is 0 Å². The first-order valence-electron chi connectivity index (χ1n) is 4.01. The minimum absolute atomic E-state index is 0.602. The number of nitrogen functional groups attached to an aromatic ring is 1. The number of hydrogen-bond donors (Lipinski definition) is 1. The molecule has 0 heterocycles. The van der Waals surface area contributed by atoms with Gasteiger partial charge in [0.1, 0.15) is 0 Å². The van der Waals surface area contributed by atoms with Gasteiger partial charge < -0.3 is 0 Å². The van der Waals surface area contributed by atoms with Crippen molar-refractivity contribution in [3.8, 4) is 0 Å². The van der Waals surface area contributed by atoms with Crippen LogP contribution >= 0.6 is 0 Å². The zero-order valence-corrected chi connectivity index (χ0v) is 10.3. The number of rotatable bonds is 2. The molecule has 0 spiro atoms. The molecule has 0 fully saturated rings. The Labute approximate surface area is 84.4 Å². The molecule has 2 heteroatoms. The van der Waals surface area contributed by atoms with Crippen molar-refractivity contribution in [1.82, 2.24) is 0 Å². The second-order valence-electron chi connectivity index (χ2n) is 3.11. The van der Waals surface area contributed by atoms with E-state index < -0.39 is 0 Å². The average Bonchev–Trinajstić information content (AvgIpc) is 2.04. The summed E-state index contributed by atoms with van der Waals surface area (Å²) in [7, 11) is 0. The summed E-state index contributed by atoms with van der Waals surface area (Å²) in [5.41, 5.74) is 7.98. The Bertz CT molecular complexity index is 292. The van der Waals surface area contributed by atoms with E-state index in [9.17, 15) is 0 Å². The van der Waals surface area contributed by atoms with E-state index >= 15 is 0 Å². The molecule has 64 valence electrons. The molecule has 0 atom stereocenters. The molecule has 0 aliphatic heterocycles. The Kier molecular flexibility index (Phi) is 3.22. The van der Waals surface area contributed by atoms with Crippen molar-refractivity contribution in [3.63, 3.8) is 0 Å². The van der Waals surface area contributed by atoms with E-state index in [1.54, 1.807) is 0 Å². The Morgan fingerprint density at radius 3 is 2.42 bits per heavy atom. The summed E-state index contributed by atoms with van der Waals surface area (Å²) >= 11 is 1.51. The van der Waals surface area contributed by atoms with Crippen LogP contribution in [0, 0.1) is 5.92 Å². The van der Waals surface area contributed by atoms with Crippen molar-refractivity contribution < 1.29 is 19.4 Å². The predicted octanol–water partition coefficient (Wildman–Crippen LogP) is 1.99. The quantitative estimate of drug-likeness (QED) is 0.825. The van der Waals surface area contributed by atoms with E-state index in [0.717, 1.165) is 5.69 Å². The molecule has 12 heavy (non-hydrogen) atoms. The number of nitrogens with two attached hydrogens (primary N) is 1. The molecule has 0 saturated carbocycles. The van der Waals surface area contributed by atoms with Gasteiger partial charge in [-0.3, -0.25) is 0 Å². The van der Waals surface area contributed by atoms with Crippen LogP contribution in [0.3, 0.4) is 0 Å². The van der Waals surface area contributed by atoms with Gasteiger partial charge in [0.25, 0.3) is 0 Å². The van der Waals surface area contributed by atoms with Crippen LogP contribution in [0.1, 0.15) is 19.4 Å². The van der Waals surface area contributed by atoms with Crippen molar-refractivity contribution in [2.24, 2.45) is 5.92 Å². The van der Waals surface area contributed by atoms with Crippen LogP contribution in [0.15, 0.2) is 24.3 Å². The summed E-state index contributed by atoms with van der Waals surface area (Å²) in [6.45, 7) is 4.41. The zero-order valence-electron chi connectivity index (χ0n) is 7.37. The standard InChI is InChI=1S/C10H13N.W/c1-8(2)7-9-5-3-4-6-10(9)11;/h3-6,8H,11H2,1-2H3;. The van der Waals surface area contributed by atoms with E-state index in [1.165, 1.54) is 28.8 Å². The van der Waals surface area contributed by atoms with E-state index in [0.29, 0.717) is 5.92 Å². The second kappa shape index (κ2) is 4.00. The monoisotopic (exact) mass is 331 g/mol. The van der Waals surface area contributed by atoms with Crippen LogP contribution < -0.4 is 5.73 Å². The Morgan fingerprint density at radius 2 is 1.92 bits per heavy atom. The number of para-hydroxylation sites is 1. The summed E-state index contributed by atoms with van der Waals surface area (Å²) in [5, 5.41) is 0. The van der Waals surface area contributed by atoms with Gasteiger partial charge in [-0.05, 0) is 0 Å². The van der Waals surface area contributed by atoms with Gasteiger partial charge in [0.15, 0.2) is 0 Å². The molecular weight excluding hydrogens is 318 g/mol. The fourth-order valence-electron chi connectivity index (χ4n) is 1.03. The van der Waals surface area contributed by atoms with E-state index in [1.807, 2.05) is 18.2 Å². The van der Waals surface area contributed by atoms with Crippen molar-refractivity contribution in [1.29, 1.82) is 0 Å². The number of anilines is 1. The van der Waals surface area contributed by atoms with Crippen molar-refractivity contribution in [3.05, 3.63) is 29.8 Å². The Balaban J connectivity index is 3.03. The Morgan fingerprint density at radius 1 is 1.33 bits per heavy atom. The summed E-state index contributed by atoms with van der Waals surface area (Å²) in [6.07, 6.45) is 0. The van der Waals surface area contributed by atoms with Crippen LogP contribution in [0.25, 0.3) is 0 Å². The molecule has 1 rings (SSSR count). The third-order valence-corrected chi connectivity index (χ3v) is 4.23. The molecule has 0 aromatic heterocycles. The van der Waals surface area contributed by atoms with Crippen LogP contribution in [-0.4, -0.2) is 3.90 Å². The minimum atomic E-state index is 0.602. The molecule has 0 saturated heterocycles. The predicted molar refractivity (Wildman–Crippen MR) is 49.8 cm³/mol. The summed E-state index contributed by atoms with van der Waals surface area (Å²) in [4.78, 5) is 0. The fourth-order valence-corrected chi connectivity index (χ4v) is 1.70. The molecule has 0 aliphatic rings. The normalized spacial score (nSPS) is 10.2. The average molecular weight is 331 g/mol. The van der Waals surface area contributed by atoms with Gasteiger partial charge in [0.05, 0.1) is 0 Å². The first-order chi connectivity index (χ1) is 5.63. The molecule has 0 aliphatic carbocycles. The summed E-state index contributed by atoms with van der Waals surface area (Å²) < 4.78 is 1.44. The van der Waals surface area contributed by atoms with Crippen molar-refractivity contribution >= 4 is 9.59 Å². The first kappa shape index (κ1) is 9.66. The molecule has 0 radical (unpaired) electrons. The van der Waals surface area contributed by atoms with E-state index in [2.05, 4.69) is 19.9 Å². The van der Waals surface area contributed by atoms with Crippen molar-refractivity contribution in [2.75, 3.05) is 5.73 Å². The van der Waals surface area contributed by atoms with Gasteiger partial charge in [-0.1, -0.05) is 0 Å².